The van der Waals surface area contributed by atoms with Crippen LogP contribution < -0.4 is 4.90 Å². The maximum atomic E-state index is 11.8. The molecule has 1 amide bonds. The molecular weight excluding hydrogens is 264 g/mol. The molecule has 5 nitrogen and oxygen atoms in total. The van der Waals surface area contributed by atoms with Gasteiger partial charge in [-0.3, -0.25) is 14.4 Å². The van der Waals surface area contributed by atoms with E-state index in [1.807, 2.05) is 11.1 Å². The highest BCUT2D eigenvalue weighted by Crippen LogP contribution is 2.31. The molecule has 1 aromatic heterocycles. The third-order valence-electron chi connectivity index (χ3n) is 5.33. The van der Waals surface area contributed by atoms with Crippen molar-refractivity contribution in [3.63, 3.8) is 0 Å². The zero-order chi connectivity index (χ0) is 14.2. The summed E-state index contributed by atoms with van der Waals surface area (Å²) in [5.74, 6) is 0.243. The van der Waals surface area contributed by atoms with Gasteiger partial charge in [0.05, 0.1) is 17.9 Å². The molecule has 114 valence electrons. The lowest BCUT2D eigenvalue weighted by molar-refractivity contribution is -0.117. The van der Waals surface area contributed by atoms with E-state index in [1.165, 1.54) is 32.1 Å². The summed E-state index contributed by atoms with van der Waals surface area (Å²) in [6, 6.07) is 1.31. The lowest BCUT2D eigenvalue weighted by atomic mass is 9.91. The molecule has 3 heterocycles. The third-order valence-corrected chi connectivity index (χ3v) is 5.33. The van der Waals surface area contributed by atoms with Crippen molar-refractivity contribution in [2.75, 3.05) is 24.5 Å². The van der Waals surface area contributed by atoms with Gasteiger partial charge >= 0.3 is 0 Å². The van der Waals surface area contributed by atoms with Crippen LogP contribution in [0.1, 0.15) is 51.0 Å². The summed E-state index contributed by atoms with van der Waals surface area (Å²) in [5.41, 5.74) is 0.980. The lowest BCUT2D eigenvalue weighted by Crippen LogP contribution is -2.53. The second kappa shape index (κ2) is 5.44. The highest BCUT2D eigenvalue weighted by atomic mass is 16.2. The van der Waals surface area contributed by atoms with Gasteiger partial charge in [0, 0.05) is 38.3 Å². The molecule has 5 heteroatoms. The van der Waals surface area contributed by atoms with Crippen molar-refractivity contribution in [2.45, 2.75) is 57.0 Å². The van der Waals surface area contributed by atoms with E-state index in [4.69, 9.17) is 0 Å². The Bertz CT molecular complexity index is 514. The van der Waals surface area contributed by atoms with Crippen LogP contribution in [0, 0.1) is 0 Å². The zero-order valence-corrected chi connectivity index (χ0v) is 12.6. The first-order chi connectivity index (χ1) is 10.3. The smallest absolute Gasteiger partial charge is 0.227 e. The minimum Gasteiger partial charge on any atom is -0.309 e. The van der Waals surface area contributed by atoms with E-state index >= 15 is 0 Å². The molecule has 0 unspecified atom stereocenters. The first-order valence-electron chi connectivity index (χ1n) is 8.40. The van der Waals surface area contributed by atoms with Gasteiger partial charge in [-0.05, 0) is 19.3 Å². The minimum atomic E-state index is 0.243. The standard InChI is InChI=1S/C16H24N4O/c21-16-7-4-8-19(16)14-9-17-20(12-14)15-10-18(11-15)13-5-2-1-3-6-13/h9,12-13,15H,1-8,10-11H2. The average molecular weight is 288 g/mol. The quantitative estimate of drug-likeness (QED) is 0.856. The molecule has 0 spiro atoms. The van der Waals surface area contributed by atoms with Crippen molar-refractivity contribution in [3.05, 3.63) is 12.4 Å². The summed E-state index contributed by atoms with van der Waals surface area (Å²) in [6.07, 6.45) is 12.5. The number of anilines is 1. The first kappa shape index (κ1) is 13.3. The molecule has 2 saturated heterocycles. The predicted octanol–water partition coefficient (Wildman–Crippen LogP) is 2.20. The van der Waals surface area contributed by atoms with Crippen molar-refractivity contribution in [2.24, 2.45) is 0 Å². The van der Waals surface area contributed by atoms with E-state index in [9.17, 15) is 4.79 Å². The second-order valence-electron chi connectivity index (χ2n) is 6.73. The SMILES string of the molecule is O=C1CCCN1c1cnn(C2CN(C3CCCCC3)C2)c1. The molecule has 0 aromatic carbocycles. The Kier molecular flexibility index (Phi) is 3.45. The summed E-state index contributed by atoms with van der Waals surface area (Å²) in [6.45, 7) is 3.10. The molecule has 1 aromatic rings. The van der Waals surface area contributed by atoms with Gasteiger partial charge in [-0.15, -0.1) is 0 Å². The summed E-state index contributed by atoms with van der Waals surface area (Å²) in [7, 11) is 0. The molecule has 2 aliphatic heterocycles. The molecule has 0 N–H and O–H groups in total. The van der Waals surface area contributed by atoms with Crippen LogP contribution in [-0.2, 0) is 4.79 Å². The number of carbonyl (C=O) groups excluding carboxylic acids is 1. The number of nitrogens with zero attached hydrogens (tertiary/aromatic N) is 4. The molecule has 0 bridgehead atoms. The van der Waals surface area contributed by atoms with E-state index < -0.39 is 0 Å². The Hall–Kier alpha value is -1.36. The average Bonchev–Trinajstić information content (AvgIpc) is 3.07. The van der Waals surface area contributed by atoms with Crippen molar-refractivity contribution < 1.29 is 4.79 Å². The van der Waals surface area contributed by atoms with Gasteiger partial charge in [0.25, 0.3) is 0 Å². The van der Waals surface area contributed by atoms with Gasteiger partial charge in [0.1, 0.15) is 0 Å². The Balaban J connectivity index is 1.36. The number of hydrogen-bond donors (Lipinski definition) is 0. The zero-order valence-electron chi connectivity index (χ0n) is 12.6. The van der Waals surface area contributed by atoms with Crippen LogP contribution in [0.2, 0.25) is 0 Å². The molecule has 3 aliphatic rings. The van der Waals surface area contributed by atoms with Crippen LogP contribution >= 0.6 is 0 Å². The molecule has 4 rings (SSSR count). The van der Waals surface area contributed by atoms with Crippen molar-refractivity contribution in [3.8, 4) is 0 Å². The summed E-state index contributed by atoms with van der Waals surface area (Å²) < 4.78 is 2.07. The molecule has 1 saturated carbocycles. The van der Waals surface area contributed by atoms with Crippen molar-refractivity contribution in [1.29, 1.82) is 0 Å². The van der Waals surface area contributed by atoms with Crippen LogP contribution in [0.4, 0.5) is 5.69 Å². The maximum absolute atomic E-state index is 11.8. The molecule has 3 fully saturated rings. The monoisotopic (exact) mass is 288 g/mol. The second-order valence-corrected chi connectivity index (χ2v) is 6.73. The molecule has 0 atom stereocenters. The van der Waals surface area contributed by atoms with E-state index in [1.54, 1.807) is 0 Å². The van der Waals surface area contributed by atoms with Crippen LogP contribution in [0.25, 0.3) is 0 Å². The molecule has 1 aliphatic carbocycles. The summed E-state index contributed by atoms with van der Waals surface area (Å²) in [4.78, 5) is 16.3. The predicted molar refractivity (Wildman–Crippen MR) is 81.3 cm³/mol. The Labute approximate surface area is 125 Å². The van der Waals surface area contributed by atoms with E-state index in [-0.39, 0.29) is 5.91 Å². The third kappa shape index (κ3) is 2.48. The van der Waals surface area contributed by atoms with Crippen LogP contribution in [0.3, 0.4) is 0 Å². The van der Waals surface area contributed by atoms with Gasteiger partial charge in [0.15, 0.2) is 0 Å². The Morgan fingerprint density at radius 3 is 2.57 bits per heavy atom. The molecule has 21 heavy (non-hydrogen) atoms. The summed E-state index contributed by atoms with van der Waals surface area (Å²) in [5, 5.41) is 4.49. The Morgan fingerprint density at radius 1 is 1.05 bits per heavy atom. The first-order valence-corrected chi connectivity index (χ1v) is 8.40. The van der Waals surface area contributed by atoms with Crippen molar-refractivity contribution >= 4 is 11.6 Å². The van der Waals surface area contributed by atoms with Crippen LogP contribution in [0.5, 0.6) is 0 Å². The van der Waals surface area contributed by atoms with E-state index in [0.717, 1.165) is 37.8 Å². The Morgan fingerprint density at radius 2 is 1.86 bits per heavy atom. The summed E-state index contributed by atoms with van der Waals surface area (Å²) >= 11 is 0. The van der Waals surface area contributed by atoms with Crippen LogP contribution in [0.15, 0.2) is 12.4 Å². The number of carbonyl (C=O) groups is 1. The number of hydrogen-bond acceptors (Lipinski definition) is 3. The number of rotatable bonds is 3. The molecular formula is C16H24N4O. The van der Waals surface area contributed by atoms with Gasteiger partial charge < -0.3 is 4.90 Å². The van der Waals surface area contributed by atoms with E-state index in [2.05, 4.69) is 20.9 Å². The maximum Gasteiger partial charge on any atom is 0.227 e. The van der Waals surface area contributed by atoms with Gasteiger partial charge in [-0.1, -0.05) is 19.3 Å². The normalized spacial score (nSPS) is 25.5. The van der Waals surface area contributed by atoms with Crippen LogP contribution in [-0.4, -0.2) is 46.3 Å². The largest absolute Gasteiger partial charge is 0.309 e. The fourth-order valence-electron chi connectivity index (χ4n) is 3.99. The number of likely N-dealkylation sites (tertiary alicyclic amines) is 1. The fraction of sp³-hybridized carbons (Fsp3) is 0.750. The number of aromatic nitrogens is 2. The van der Waals surface area contributed by atoms with Gasteiger partial charge in [-0.2, -0.15) is 5.10 Å². The van der Waals surface area contributed by atoms with Gasteiger partial charge in [-0.25, -0.2) is 0 Å². The number of amides is 1. The molecule has 0 radical (unpaired) electrons. The fourth-order valence-corrected chi connectivity index (χ4v) is 3.99. The minimum absolute atomic E-state index is 0.243. The van der Waals surface area contributed by atoms with Crippen molar-refractivity contribution in [1.82, 2.24) is 14.7 Å². The highest BCUT2D eigenvalue weighted by Gasteiger charge is 2.34. The van der Waals surface area contributed by atoms with E-state index in [0.29, 0.717) is 12.5 Å². The topological polar surface area (TPSA) is 41.4 Å². The highest BCUT2D eigenvalue weighted by molar-refractivity contribution is 5.95. The lowest BCUT2D eigenvalue weighted by Gasteiger charge is -2.45. The van der Waals surface area contributed by atoms with Gasteiger partial charge in [0.2, 0.25) is 5.91 Å².